The summed E-state index contributed by atoms with van der Waals surface area (Å²) in [5.41, 5.74) is 2.62. The maximum Gasteiger partial charge on any atom is 0.119 e. The van der Waals surface area contributed by atoms with Crippen LogP contribution in [0.25, 0.3) is 0 Å². The lowest BCUT2D eigenvalue weighted by Crippen LogP contribution is -2.26. The Balaban J connectivity index is 0.000000774. The predicted octanol–water partition coefficient (Wildman–Crippen LogP) is 5.18. The molecule has 3 heteroatoms. The highest BCUT2D eigenvalue weighted by Gasteiger charge is 2.26. The number of hydrogen-bond acceptors (Lipinski definition) is 3. The van der Waals surface area contributed by atoms with Gasteiger partial charge in [-0.3, -0.25) is 0 Å². The van der Waals surface area contributed by atoms with Crippen LogP contribution in [0, 0.1) is 0 Å². The average molecular weight is 301 g/mol. The van der Waals surface area contributed by atoms with Crippen LogP contribution >= 0.6 is 11.8 Å². The van der Waals surface area contributed by atoms with E-state index in [4.69, 9.17) is 4.74 Å². The Bertz CT molecular complexity index is 585. The molecule has 0 fully saturated rings. The number of rotatable bonds is 3. The molecule has 1 unspecified atom stereocenters. The van der Waals surface area contributed by atoms with Crippen LogP contribution in [0.5, 0.6) is 5.75 Å². The number of ether oxygens (including phenoxy) is 1. The van der Waals surface area contributed by atoms with Crippen molar-refractivity contribution in [2.24, 2.45) is 0 Å². The second-order valence-electron chi connectivity index (χ2n) is 4.66. The summed E-state index contributed by atoms with van der Waals surface area (Å²) in [7, 11) is 1.71. The highest BCUT2D eigenvalue weighted by molar-refractivity contribution is 8.00. The number of para-hydroxylation sites is 1. The largest absolute Gasteiger partial charge is 0.497 e. The zero-order valence-corrected chi connectivity index (χ0v) is 14.0. The standard InChI is InChI=1S/C16H17NOS.C2H6/c1-12-17(15-8-3-4-9-16(15)19-12)11-13-6-5-7-14(10-13)18-2;1-2/h3-10,12H,11H2,1-2H3;1-2H3. The van der Waals surface area contributed by atoms with Crippen molar-refractivity contribution in [2.75, 3.05) is 12.0 Å². The van der Waals surface area contributed by atoms with Gasteiger partial charge in [-0.15, -0.1) is 0 Å². The number of anilines is 1. The van der Waals surface area contributed by atoms with Gasteiger partial charge in [0.25, 0.3) is 0 Å². The maximum atomic E-state index is 5.29. The van der Waals surface area contributed by atoms with E-state index in [2.05, 4.69) is 48.2 Å². The van der Waals surface area contributed by atoms with Crippen molar-refractivity contribution < 1.29 is 4.74 Å². The van der Waals surface area contributed by atoms with E-state index >= 15 is 0 Å². The van der Waals surface area contributed by atoms with Crippen LogP contribution in [-0.2, 0) is 6.54 Å². The van der Waals surface area contributed by atoms with Gasteiger partial charge in [-0.1, -0.05) is 49.9 Å². The molecule has 1 aliphatic rings. The molecule has 0 saturated carbocycles. The highest BCUT2D eigenvalue weighted by atomic mass is 32.2. The summed E-state index contributed by atoms with van der Waals surface area (Å²) in [5, 5.41) is 0.476. The first-order chi connectivity index (χ1) is 10.3. The minimum atomic E-state index is 0.476. The highest BCUT2D eigenvalue weighted by Crippen LogP contribution is 2.43. The third-order valence-electron chi connectivity index (χ3n) is 3.40. The molecule has 0 bridgehead atoms. The molecule has 3 rings (SSSR count). The Labute approximate surface area is 132 Å². The van der Waals surface area contributed by atoms with Crippen molar-refractivity contribution >= 4 is 17.4 Å². The van der Waals surface area contributed by atoms with Crippen LogP contribution in [0.3, 0.4) is 0 Å². The van der Waals surface area contributed by atoms with Crippen LogP contribution < -0.4 is 9.64 Å². The van der Waals surface area contributed by atoms with Crippen molar-refractivity contribution in [2.45, 2.75) is 37.6 Å². The van der Waals surface area contributed by atoms with E-state index in [-0.39, 0.29) is 0 Å². The molecular formula is C18H23NOS. The third-order valence-corrected chi connectivity index (χ3v) is 4.59. The normalized spacial score (nSPS) is 16.0. The third kappa shape index (κ3) is 3.53. The molecule has 0 aliphatic carbocycles. The van der Waals surface area contributed by atoms with E-state index in [1.165, 1.54) is 16.1 Å². The van der Waals surface area contributed by atoms with Gasteiger partial charge in [-0.25, -0.2) is 0 Å². The Morgan fingerprint density at radius 1 is 1.10 bits per heavy atom. The summed E-state index contributed by atoms with van der Waals surface area (Å²) in [6, 6.07) is 16.9. The maximum absolute atomic E-state index is 5.29. The Morgan fingerprint density at radius 3 is 2.62 bits per heavy atom. The molecule has 21 heavy (non-hydrogen) atoms. The quantitative estimate of drug-likeness (QED) is 0.775. The van der Waals surface area contributed by atoms with Gasteiger partial charge in [0.2, 0.25) is 0 Å². The first-order valence-electron chi connectivity index (χ1n) is 7.43. The molecule has 2 aromatic rings. The molecule has 1 heterocycles. The molecular weight excluding hydrogens is 278 g/mol. The van der Waals surface area contributed by atoms with Crippen LogP contribution in [0.15, 0.2) is 53.4 Å². The number of methoxy groups -OCH3 is 1. The topological polar surface area (TPSA) is 12.5 Å². The second kappa shape index (κ2) is 7.41. The van der Waals surface area contributed by atoms with E-state index in [0.29, 0.717) is 5.37 Å². The van der Waals surface area contributed by atoms with Gasteiger partial charge in [0, 0.05) is 11.4 Å². The molecule has 0 saturated heterocycles. The predicted molar refractivity (Wildman–Crippen MR) is 92.3 cm³/mol. The molecule has 0 radical (unpaired) electrons. The van der Waals surface area contributed by atoms with E-state index in [1.807, 2.05) is 37.7 Å². The molecule has 0 spiro atoms. The molecule has 2 nitrogen and oxygen atoms in total. The molecule has 0 aromatic heterocycles. The van der Waals surface area contributed by atoms with E-state index in [9.17, 15) is 0 Å². The van der Waals surface area contributed by atoms with Crippen LogP contribution in [0.2, 0.25) is 0 Å². The lowest BCUT2D eigenvalue weighted by molar-refractivity contribution is 0.414. The fourth-order valence-corrected chi connectivity index (χ4v) is 3.56. The number of hydrogen-bond donors (Lipinski definition) is 0. The van der Waals surface area contributed by atoms with Gasteiger partial charge in [0.05, 0.1) is 18.2 Å². The minimum Gasteiger partial charge on any atom is -0.497 e. The van der Waals surface area contributed by atoms with Crippen molar-refractivity contribution in [3.05, 3.63) is 54.1 Å². The van der Waals surface area contributed by atoms with Gasteiger partial charge in [0.15, 0.2) is 0 Å². The van der Waals surface area contributed by atoms with Gasteiger partial charge in [-0.05, 0) is 36.8 Å². The molecule has 0 amide bonds. The number of nitrogens with zero attached hydrogens (tertiary/aromatic N) is 1. The van der Waals surface area contributed by atoms with Crippen molar-refractivity contribution in [1.82, 2.24) is 0 Å². The van der Waals surface area contributed by atoms with E-state index in [0.717, 1.165) is 12.3 Å². The van der Waals surface area contributed by atoms with Gasteiger partial charge in [-0.2, -0.15) is 0 Å². The number of fused-ring (bicyclic) bond motifs is 1. The molecule has 1 atom stereocenters. The van der Waals surface area contributed by atoms with Gasteiger partial charge < -0.3 is 9.64 Å². The fourth-order valence-electron chi connectivity index (χ4n) is 2.42. The SMILES string of the molecule is CC.COc1cccc(CN2c3ccccc3SC2C)c1. The molecule has 1 aliphatic heterocycles. The Morgan fingerprint density at radius 2 is 1.86 bits per heavy atom. The zero-order chi connectivity index (χ0) is 15.2. The van der Waals surface area contributed by atoms with Crippen molar-refractivity contribution in [3.8, 4) is 5.75 Å². The lowest BCUT2D eigenvalue weighted by atomic mass is 10.2. The second-order valence-corrected chi connectivity index (χ2v) is 6.02. The molecule has 2 aromatic carbocycles. The summed E-state index contributed by atoms with van der Waals surface area (Å²) < 4.78 is 5.29. The number of thioether (sulfide) groups is 1. The first-order valence-corrected chi connectivity index (χ1v) is 8.31. The minimum absolute atomic E-state index is 0.476. The van der Waals surface area contributed by atoms with E-state index in [1.54, 1.807) is 7.11 Å². The number of benzene rings is 2. The van der Waals surface area contributed by atoms with Gasteiger partial charge >= 0.3 is 0 Å². The Kier molecular flexibility index (Phi) is 5.57. The lowest BCUT2D eigenvalue weighted by Gasteiger charge is -2.24. The van der Waals surface area contributed by atoms with Crippen LogP contribution in [0.1, 0.15) is 26.3 Å². The molecule has 0 N–H and O–H groups in total. The van der Waals surface area contributed by atoms with Crippen molar-refractivity contribution in [1.29, 1.82) is 0 Å². The summed E-state index contributed by atoms with van der Waals surface area (Å²) in [6.45, 7) is 7.17. The summed E-state index contributed by atoms with van der Waals surface area (Å²) >= 11 is 1.92. The monoisotopic (exact) mass is 301 g/mol. The summed E-state index contributed by atoms with van der Waals surface area (Å²) in [5.74, 6) is 0.922. The smallest absolute Gasteiger partial charge is 0.119 e. The summed E-state index contributed by atoms with van der Waals surface area (Å²) in [6.07, 6.45) is 0. The fraction of sp³-hybridized carbons (Fsp3) is 0.333. The zero-order valence-electron chi connectivity index (χ0n) is 13.2. The van der Waals surface area contributed by atoms with Crippen molar-refractivity contribution in [3.63, 3.8) is 0 Å². The van der Waals surface area contributed by atoms with Crippen LogP contribution in [0.4, 0.5) is 5.69 Å². The van der Waals surface area contributed by atoms with E-state index < -0.39 is 0 Å². The van der Waals surface area contributed by atoms with Crippen LogP contribution in [-0.4, -0.2) is 12.5 Å². The average Bonchev–Trinajstić information content (AvgIpc) is 2.86. The summed E-state index contributed by atoms with van der Waals surface area (Å²) in [4.78, 5) is 3.81. The molecule has 112 valence electrons. The Hall–Kier alpha value is -1.61. The first kappa shape index (κ1) is 15.8. The van der Waals surface area contributed by atoms with Gasteiger partial charge in [0.1, 0.15) is 5.75 Å².